The number of aromatic nitrogens is 3. The van der Waals surface area contributed by atoms with Gasteiger partial charge >= 0.3 is 0 Å². The summed E-state index contributed by atoms with van der Waals surface area (Å²) >= 11 is 1.31. The van der Waals surface area contributed by atoms with E-state index in [2.05, 4.69) is 15.2 Å². The number of thioether (sulfide) groups is 1. The van der Waals surface area contributed by atoms with Crippen LogP contribution < -0.4 is 4.90 Å². The van der Waals surface area contributed by atoms with Crippen molar-refractivity contribution in [2.75, 3.05) is 30.3 Å². The van der Waals surface area contributed by atoms with Gasteiger partial charge in [-0.2, -0.15) is 4.31 Å². The largest absolute Gasteiger partial charge is 0.311 e. The summed E-state index contributed by atoms with van der Waals surface area (Å²) in [4.78, 5) is 19.2. The highest BCUT2D eigenvalue weighted by Gasteiger charge is 2.30. The number of carbonyl (C=O) groups is 1. The molecule has 0 unspecified atom stereocenters. The molecule has 0 radical (unpaired) electrons. The fourth-order valence-corrected chi connectivity index (χ4v) is 6.09. The number of nitrogens with zero attached hydrogens (tertiary/aromatic N) is 4. The van der Waals surface area contributed by atoms with E-state index in [1.54, 1.807) is 27.4 Å². The Morgan fingerprint density at radius 2 is 1.97 bits per heavy atom. The van der Waals surface area contributed by atoms with Gasteiger partial charge in [0.1, 0.15) is 5.82 Å². The average Bonchev–Trinajstić information content (AvgIpc) is 3.39. The summed E-state index contributed by atoms with van der Waals surface area (Å²) in [6, 6.07) is 5.14. The highest BCUT2D eigenvalue weighted by Crippen LogP contribution is 2.32. The standard InChI is InChI=1S/C20H27N5O3S2/c1-14(2)19-21-20(23-22-19)29-13-18(26)25-11-8-15-12-16(6-7-17(15)25)30(27,28)24-9-4-3-5-10-24/h6-7,12,14H,3-5,8-11,13H2,1-2H3,(H,21,22,23). The number of amides is 1. The van der Waals surface area contributed by atoms with Crippen molar-refractivity contribution < 1.29 is 13.2 Å². The number of piperidine rings is 1. The molecule has 1 N–H and O–H groups in total. The third-order valence-corrected chi connectivity index (χ3v) is 8.28. The molecule has 1 fully saturated rings. The molecule has 30 heavy (non-hydrogen) atoms. The third-order valence-electron chi connectivity index (χ3n) is 5.55. The number of hydrogen-bond donors (Lipinski definition) is 1. The highest BCUT2D eigenvalue weighted by atomic mass is 32.2. The first-order valence-corrected chi connectivity index (χ1v) is 12.8. The molecule has 8 nitrogen and oxygen atoms in total. The number of H-pyrrole nitrogens is 1. The van der Waals surface area contributed by atoms with Gasteiger partial charge in [0, 0.05) is 31.2 Å². The molecule has 2 aliphatic rings. The summed E-state index contributed by atoms with van der Waals surface area (Å²) in [5.41, 5.74) is 1.71. The molecule has 1 saturated heterocycles. The van der Waals surface area contributed by atoms with Crippen molar-refractivity contribution in [2.45, 2.75) is 55.5 Å². The minimum absolute atomic E-state index is 0.0266. The fourth-order valence-electron chi connectivity index (χ4n) is 3.84. The van der Waals surface area contributed by atoms with Crippen LogP contribution in [0.15, 0.2) is 28.3 Å². The van der Waals surface area contributed by atoms with Gasteiger partial charge in [-0.15, -0.1) is 5.10 Å². The molecule has 1 aromatic heterocycles. The van der Waals surface area contributed by atoms with E-state index in [0.717, 1.165) is 36.3 Å². The van der Waals surface area contributed by atoms with E-state index in [9.17, 15) is 13.2 Å². The average molecular weight is 450 g/mol. The normalized spacial score (nSPS) is 17.5. The molecule has 0 saturated carbocycles. The van der Waals surface area contributed by atoms with E-state index >= 15 is 0 Å². The SMILES string of the molecule is CC(C)c1nc(SCC(=O)N2CCc3cc(S(=O)(=O)N4CCCCC4)ccc32)n[nH]1. The van der Waals surface area contributed by atoms with Gasteiger partial charge in [0.05, 0.1) is 10.6 Å². The van der Waals surface area contributed by atoms with Gasteiger partial charge in [-0.3, -0.25) is 9.89 Å². The number of anilines is 1. The Morgan fingerprint density at radius 1 is 1.20 bits per heavy atom. The lowest BCUT2D eigenvalue weighted by Crippen LogP contribution is -2.35. The van der Waals surface area contributed by atoms with Gasteiger partial charge in [-0.25, -0.2) is 13.4 Å². The lowest BCUT2D eigenvalue weighted by Gasteiger charge is -2.26. The molecule has 0 bridgehead atoms. The first kappa shape index (κ1) is 21.3. The Bertz CT molecular complexity index is 1030. The van der Waals surface area contributed by atoms with Crippen LogP contribution in [0.5, 0.6) is 0 Å². The smallest absolute Gasteiger partial charge is 0.243 e. The zero-order valence-corrected chi connectivity index (χ0v) is 18.9. The maximum atomic E-state index is 12.9. The van der Waals surface area contributed by atoms with E-state index < -0.39 is 10.0 Å². The van der Waals surface area contributed by atoms with Gasteiger partial charge in [0.2, 0.25) is 21.1 Å². The Morgan fingerprint density at radius 3 is 2.67 bits per heavy atom. The molecule has 2 aliphatic heterocycles. The van der Waals surface area contributed by atoms with Gasteiger partial charge < -0.3 is 4.90 Å². The monoisotopic (exact) mass is 449 g/mol. The van der Waals surface area contributed by atoms with Crippen molar-refractivity contribution >= 4 is 33.4 Å². The predicted octanol–water partition coefficient (Wildman–Crippen LogP) is 2.78. The molecule has 1 amide bonds. The zero-order chi connectivity index (χ0) is 21.3. The minimum atomic E-state index is -3.47. The van der Waals surface area contributed by atoms with Crippen LogP contribution in [-0.4, -0.2) is 59.2 Å². The van der Waals surface area contributed by atoms with E-state index in [1.807, 2.05) is 13.8 Å². The van der Waals surface area contributed by atoms with Gasteiger partial charge in [0.15, 0.2) is 0 Å². The van der Waals surface area contributed by atoms with E-state index in [-0.39, 0.29) is 17.6 Å². The first-order valence-electron chi connectivity index (χ1n) is 10.3. The lowest BCUT2D eigenvalue weighted by molar-refractivity contribution is -0.116. The number of rotatable bonds is 6. The number of benzene rings is 1. The second-order valence-electron chi connectivity index (χ2n) is 8.00. The minimum Gasteiger partial charge on any atom is -0.311 e. The number of aromatic amines is 1. The fraction of sp³-hybridized carbons (Fsp3) is 0.550. The second-order valence-corrected chi connectivity index (χ2v) is 10.9. The summed E-state index contributed by atoms with van der Waals surface area (Å²) in [5, 5.41) is 7.61. The quantitative estimate of drug-likeness (QED) is 0.681. The third kappa shape index (κ3) is 4.26. The van der Waals surface area contributed by atoms with Crippen LogP contribution in [0.25, 0.3) is 0 Å². The van der Waals surface area contributed by atoms with Crippen molar-refractivity contribution in [1.82, 2.24) is 19.5 Å². The number of nitrogens with one attached hydrogen (secondary N) is 1. The topological polar surface area (TPSA) is 99.3 Å². The molecular formula is C20H27N5O3S2. The molecule has 162 valence electrons. The van der Waals surface area contributed by atoms with Gasteiger partial charge in [-0.1, -0.05) is 32.0 Å². The zero-order valence-electron chi connectivity index (χ0n) is 17.3. The Labute approximate surface area is 181 Å². The summed E-state index contributed by atoms with van der Waals surface area (Å²) in [7, 11) is -3.47. The van der Waals surface area contributed by atoms with Crippen molar-refractivity contribution in [2.24, 2.45) is 0 Å². The van der Waals surface area contributed by atoms with Crippen LogP contribution in [-0.2, 0) is 21.2 Å². The molecule has 4 rings (SSSR count). The molecule has 0 aliphatic carbocycles. The number of sulfonamides is 1. The Hall–Kier alpha value is -1.91. The van der Waals surface area contributed by atoms with Crippen LogP contribution >= 0.6 is 11.8 Å². The van der Waals surface area contributed by atoms with Crippen molar-refractivity contribution in [3.63, 3.8) is 0 Å². The van der Waals surface area contributed by atoms with Gasteiger partial charge in [-0.05, 0) is 43.0 Å². The predicted molar refractivity (Wildman–Crippen MR) is 116 cm³/mol. The summed E-state index contributed by atoms with van der Waals surface area (Å²) in [6.07, 6.45) is 3.56. The molecule has 1 aromatic carbocycles. The van der Waals surface area contributed by atoms with Crippen LogP contribution in [0.4, 0.5) is 5.69 Å². The molecular weight excluding hydrogens is 422 g/mol. The molecule has 3 heterocycles. The molecule has 10 heteroatoms. The Kier molecular flexibility index (Phi) is 6.17. The first-order chi connectivity index (χ1) is 14.4. The maximum Gasteiger partial charge on any atom is 0.243 e. The van der Waals surface area contributed by atoms with Crippen molar-refractivity contribution in [3.05, 3.63) is 29.6 Å². The lowest BCUT2D eigenvalue weighted by atomic mass is 10.2. The number of hydrogen-bond acceptors (Lipinski definition) is 6. The summed E-state index contributed by atoms with van der Waals surface area (Å²) < 4.78 is 27.5. The highest BCUT2D eigenvalue weighted by molar-refractivity contribution is 7.99. The van der Waals surface area contributed by atoms with Crippen LogP contribution in [0.1, 0.15) is 50.4 Å². The maximum absolute atomic E-state index is 12.9. The van der Waals surface area contributed by atoms with Crippen LogP contribution in [0, 0.1) is 0 Å². The molecule has 0 atom stereocenters. The second kappa shape index (κ2) is 8.68. The van der Waals surface area contributed by atoms with Crippen LogP contribution in [0.2, 0.25) is 0 Å². The molecule has 2 aromatic rings. The van der Waals surface area contributed by atoms with Gasteiger partial charge in [0.25, 0.3) is 0 Å². The van der Waals surface area contributed by atoms with E-state index in [4.69, 9.17) is 0 Å². The summed E-state index contributed by atoms with van der Waals surface area (Å²) in [5.74, 6) is 1.27. The molecule has 0 spiro atoms. The Balaban J connectivity index is 1.44. The van der Waals surface area contributed by atoms with E-state index in [1.165, 1.54) is 11.8 Å². The van der Waals surface area contributed by atoms with E-state index in [0.29, 0.717) is 36.1 Å². The number of carbonyl (C=O) groups excluding carboxylic acids is 1. The summed E-state index contributed by atoms with van der Waals surface area (Å²) in [6.45, 7) is 5.79. The van der Waals surface area contributed by atoms with Crippen molar-refractivity contribution in [1.29, 1.82) is 0 Å². The van der Waals surface area contributed by atoms with Crippen molar-refractivity contribution in [3.8, 4) is 0 Å². The van der Waals surface area contributed by atoms with Crippen LogP contribution in [0.3, 0.4) is 0 Å². The number of fused-ring (bicyclic) bond motifs is 1.